The van der Waals surface area contributed by atoms with Crippen LogP contribution in [0.1, 0.15) is 19.4 Å². The molecule has 0 spiro atoms. The van der Waals surface area contributed by atoms with E-state index in [0.29, 0.717) is 17.2 Å². The average Bonchev–Trinajstić information content (AvgIpc) is 2.42. The molecule has 1 aromatic carbocycles. The van der Waals surface area contributed by atoms with Crippen LogP contribution in [-0.2, 0) is 0 Å². The third-order valence-electron chi connectivity index (χ3n) is 2.29. The first-order valence-corrected chi connectivity index (χ1v) is 6.61. The van der Waals surface area contributed by atoms with Crippen molar-refractivity contribution in [1.29, 1.82) is 0 Å². The van der Waals surface area contributed by atoms with Gasteiger partial charge in [0.15, 0.2) is 10.9 Å². The van der Waals surface area contributed by atoms with Crippen LogP contribution in [0.2, 0.25) is 0 Å². The molecule has 9 heteroatoms. The Morgan fingerprint density at radius 1 is 1.57 bits per heavy atom. The molecule has 0 saturated carbocycles. The van der Waals surface area contributed by atoms with Crippen molar-refractivity contribution in [2.24, 2.45) is 5.10 Å². The number of benzene rings is 1. The van der Waals surface area contributed by atoms with Gasteiger partial charge >= 0.3 is 5.69 Å². The summed E-state index contributed by atoms with van der Waals surface area (Å²) in [5.74, 6) is -0.475. The molecule has 0 bridgehead atoms. The second-order valence-corrected chi connectivity index (χ2v) is 4.21. The zero-order valence-electron chi connectivity index (χ0n) is 11.6. The van der Waals surface area contributed by atoms with E-state index in [4.69, 9.17) is 17.0 Å². The molecule has 8 nitrogen and oxygen atoms in total. The fraction of sp³-hybridized carbons (Fsp3) is 0.333. The van der Waals surface area contributed by atoms with Crippen LogP contribution in [0.5, 0.6) is 11.5 Å². The van der Waals surface area contributed by atoms with Crippen LogP contribution in [0, 0.1) is 10.1 Å². The molecule has 0 aliphatic heterocycles. The van der Waals surface area contributed by atoms with E-state index in [1.54, 1.807) is 6.92 Å². The molecule has 0 atom stereocenters. The third-order valence-corrected chi connectivity index (χ3v) is 2.53. The quantitative estimate of drug-likeness (QED) is 0.316. The first kappa shape index (κ1) is 16.6. The van der Waals surface area contributed by atoms with Gasteiger partial charge in [-0.1, -0.05) is 0 Å². The normalized spacial score (nSPS) is 10.4. The molecule has 0 aromatic heterocycles. The van der Waals surface area contributed by atoms with E-state index in [9.17, 15) is 15.2 Å². The summed E-state index contributed by atoms with van der Waals surface area (Å²) in [5.41, 5.74) is 2.51. The lowest BCUT2D eigenvalue weighted by Crippen LogP contribution is -2.31. The smallest absolute Gasteiger partial charge is 0.315 e. The van der Waals surface area contributed by atoms with Gasteiger partial charge in [0.05, 0.1) is 17.7 Å². The number of phenolic OH excluding ortho intramolecular Hbond substituents is 1. The Balaban J connectivity index is 2.99. The number of ether oxygens (including phenoxy) is 1. The lowest BCUT2D eigenvalue weighted by molar-refractivity contribution is -0.386. The summed E-state index contributed by atoms with van der Waals surface area (Å²) in [6.07, 6.45) is 1.35. The van der Waals surface area contributed by atoms with Gasteiger partial charge in [0.25, 0.3) is 0 Å². The number of nitro benzene ring substituents is 1. The minimum Gasteiger partial charge on any atom is -0.500 e. The van der Waals surface area contributed by atoms with Gasteiger partial charge in [0.2, 0.25) is 5.75 Å². The van der Waals surface area contributed by atoms with E-state index < -0.39 is 16.4 Å². The van der Waals surface area contributed by atoms with Crippen molar-refractivity contribution in [3.8, 4) is 11.5 Å². The molecule has 1 rings (SSSR count). The van der Waals surface area contributed by atoms with Crippen LogP contribution in [0.3, 0.4) is 0 Å². The summed E-state index contributed by atoms with van der Waals surface area (Å²) in [6, 6.07) is 2.65. The van der Waals surface area contributed by atoms with Crippen molar-refractivity contribution >= 4 is 29.2 Å². The maximum absolute atomic E-state index is 10.9. The van der Waals surface area contributed by atoms with Crippen LogP contribution in [-0.4, -0.2) is 34.5 Å². The third kappa shape index (κ3) is 4.88. The number of hydrazone groups is 1. The number of nitrogens with one attached hydrogen (secondary N) is 2. The van der Waals surface area contributed by atoms with Crippen LogP contribution in [0.25, 0.3) is 0 Å². The first-order valence-electron chi connectivity index (χ1n) is 6.20. The van der Waals surface area contributed by atoms with Crippen LogP contribution < -0.4 is 15.5 Å². The predicted octanol–water partition coefficient (Wildman–Crippen LogP) is 1.52. The zero-order chi connectivity index (χ0) is 15.8. The molecule has 0 fully saturated rings. The van der Waals surface area contributed by atoms with Crippen molar-refractivity contribution in [2.45, 2.75) is 13.8 Å². The highest BCUT2D eigenvalue weighted by Crippen LogP contribution is 2.36. The molecular formula is C12H16N4O4S. The Morgan fingerprint density at radius 2 is 2.29 bits per heavy atom. The van der Waals surface area contributed by atoms with Crippen molar-refractivity contribution in [1.82, 2.24) is 10.7 Å². The molecule has 1 aromatic rings. The molecule has 0 heterocycles. The second kappa shape index (κ2) is 8.00. The number of nitrogens with zero attached hydrogens (tertiary/aromatic N) is 2. The fourth-order valence-electron chi connectivity index (χ4n) is 1.46. The van der Waals surface area contributed by atoms with E-state index >= 15 is 0 Å². The van der Waals surface area contributed by atoms with Gasteiger partial charge in [-0.2, -0.15) is 5.10 Å². The van der Waals surface area contributed by atoms with Gasteiger partial charge in [0, 0.05) is 18.2 Å². The molecule has 3 N–H and O–H groups in total. The Morgan fingerprint density at radius 3 is 2.86 bits per heavy atom. The topological polar surface area (TPSA) is 109 Å². The highest BCUT2D eigenvalue weighted by atomic mass is 32.1. The summed E-state index contributed by atoms with van der Waals surface area (Å²) in [4.78, 5) is 10.2. The molecule has 0 aliphatic carbocycles. The lowest BCUT2D eigenvalue weighted by Gasteiger charge is -2.07. The maximum Gasteiger partial charge on any atom is 0.315 e. The summed E-state index contributed by atoms with van der Waals surface area (Å²) >= 11 is 4.92. The standard InChI is InChI=1S/C12H16N4O4S/c1-3-13-12(21)15-14-7-8-5-9(16(18)19)11(17)10(6-8)20-4-2/h5-7,17H,3-4H2,1-2H3,(H2,13,15,21)/b14-7-. The van der Waals surface area contributed by atoms with Gasteiger partial charge in [0.1, 0.15) is 0 Å². The van der Waals surface area contributed by atoms with Gasteiger partial charge in [-0.05, 0) is 32.1 Å². The van der Waals surface area contributed by atoms with E-state index in [1.165, 1.54) is 18.3 Å². The van der Waals surface area contributed by atoms with Gasteiger partial charge in [-0.25, -0.2) is 0 Å². The van der Waals surface area contributed by atoms with Crippen LogP contribution in [0.15, 0.2) is 17.2 Å². The highest BCUT2D eigenvalue weighted by molar-refractivity contribution is 7.80. The number of aromatic hydroxyl groups is 1. The molecule has 0 aliphatic rings. The van der Waals surface area contributed by atoms with Gasteiger partial charge in [-0.3, -0.25) is 15.5 Å². The number of nitro groups is 1. The van der Waals surface area contributed by atoms with E-state index in [2.05, 4.69) is 15.8 Å². The first-order chi connectivity index (χ1) is 9.99. The van der Waals surface area contributed by atoms with Crippen LogP contribution in [0.4, 0.5) is 5.69 Å². The second-order valence-electron chi connectivity index (χ2n) is 3.81. The minimum atomic E-state index is -0.689. The molecule has 21 heavy (non-hydrogen) atoms. The lowest BCUT2D eigenvalue weighted by atomic mass is 10.2. The summed E-state index contributed by atoms with van der Waals surface area (Å²) < 4.78 is 5.16. The summed E-state index contributed by atoms with van der Waals surface area (Å²) in [5, 5.41) is 27.7. The molecule has 0 saturated heterocycles. The number of phenols is 1. The Bertz CT molecular complexity index is 562. The van der Waals surface area contributed by atoms with Gasteiger partial charge < -0.3 is 15.2 Å². The van der Waals surface area contributed by atoms with Crippen LogP contribution >= 0.6 is 12.2 Å². The Kier molecular flexibility index (Phi) is 6.34. The number of rotatable bonds is 6. The number of thiocarbonyl (C=S) groups is 1. The Hall–Kier alpha value is -2.42. The highest BCUT2D eigenvalue weighted by Gasteiger charge is 2.19. The minimum absolute atomic E-state index is 0.0300. The molecule has 0 unspecified atom stereocenters. The zero-order valence-corrected chi connectivity index (χ0v) is 12.4. The largest absolute Gasteiger partial charge is 0.500 e. The SMILES string of the molecule is CCNC(=S)N/N=C\c1cc(OCC)c(O)c([N+](=O)[O-])c1. The van der Waals surface area contributed by atoms with E-state index in [-0.39, 0.29) is 12.4 Å². The monoisotopic (exact) mass is 312 g/mol. The molecule has 0 amide bonds. The fourth-order valence-corrected chi connectivity index (χ4v) is 1.66. The molecular weight excluding hydrogens is 296 g/mol. The molecule has 0 radical (unpaired) electrons. The summed E-state index contributed by atoms with van der Waals surface area (Å²) in [6.45, 7) is 4.52. The van der Waals surface area contributed by atoms with Crippen molar-refractivity contribution in [2.75, 3.05) is 13.2 Å². The van der Waals surface area contributed by atoms with E-state index in [0.717, 1.165) is 0 Å². The van der Waals surface area contributed by atoms with Crippen molar-refractivity contribution < 1.29 is 14.8 Å². The average molecular weight is 312 g/mol. The molecule has 114 valence electrons. The predicted molar refractivity (Wildman–Crippen MR) is 82.9 cm³/mol. The van der Waals surface area contributed by atoms with E-state index in [1.807, 2.05) is 6.92 Å². The van der Waals surface area contributed by atoms with Crippen molar-refractivity contribution in [3.63, 3.8) is 0 Å². The number of hydrogen-bond donors (Lipinski definition) is 3. The van der Waals surface area contributed by atoms with Crippen molar-refractivity contribution in [3.05, 3.63) is 27.8 Å². The Labute approximate surface area is 127 Å². The van der Waals surface area contributed by atoms with Gasteiger partial charge in [-0.15, -0.1) is 0 Å². The number of hydrogen-bond acceptors (Lipinski definition) is 6. The maximum atomic E-state index is 10.9. The summed E-state index contributed by atoms with van der Waals surface area (Å²) in [7, 11) is 0.